The average Bonchev–Trinajstić information content (AvgIpc) is 2.79. The van der Waals surface area contributed by atoms with Crippen LogP contribution in [0.1, 0.15) is 36.9 Å². The SMILES string of the molecule is CN1CCC(C(=O)N2CCCC(OCc3ccccn3)C2)(c2ccccc2)CC1. The molecular weight excluding hydrogens is 362 g/mol. The number of piperidine rings is 2. The Balaban J connectivity index is 1.47. The summed E-state index contributed by atoms with van der Waals surface area (Å²) < 4.78 is 6.13. The number of ether oxygens (including phenoxy) is 1. The van der Waals surface area contributed by atoms with Gasteiger partial charge in [0.2, 0.25) is 5.91 Å². The summed E-state index contributed by atoms with van der Waals surface area (Å²) in [5.41, 5.74) is 1.69. The van der Waals surface area contributed by atoms with E-state index in [2.05, 4.69) is 46.1 Å². The first-order valence-electron chi connectivity index (χ1n) is 10.7. The number of amides is 1. The van der Waals surface area contributed by atoms with Crippen molar-refractivity contribution in [2.75, 3.05) is 33.2 Å². The van der Waals surface area contributed by atoms with Gasteiger partial charge in [-0.1, -0.05) is 36.4 Å². The van der Waals surface area contributed by atoms with Gasteiger partial charge in [0.25, 0.3) is 0 Å². The lowest BCUT2D eigenvalue weighted by Crippen LogP contribution is -2.55. The third kappa shape index (κ3) is 4.51. The van der Waals surface area contributed by atoms with Gasteiger partial charge in [-0.2, -0.15) is 0 Å². The maximum absolute atomic E-state index is 13.8. The lowest BCUT2D eigenvalue weighted by Gasteiger charge is -2.44. The Bertz CT molecular complexity index is 788. The second-order valence-electron chi connectivity index (χ2n) is 8.40. The highest BCUT2D eigenvalue weighted by molar-refractivity contribution is 5.88. The molecule has 2 saturated heterocycles. The summed E-state index contributed by atoms with van der Waals surface area (Å²) in [6.07, 6.45) is 5.61. The summed E-state index contributed by atoms with van der Waals surface area (Å²) in [5, 5.41) is 0. The van der Waals surface area contributed by atoms with Crippen molar-refractivity contribution in [3.05, 3.63) is 66.0 Å². The highest BCUT2D eigenvalue weighted by Gasteiger charge is 2.45. The number of aromatic nitrogens is 1. The van der Waals surface area contributed by atoms with Crippen LogP contribution < -0.4 is 0 Å². The lowest BCUT2D eigenvalue weighted by atomic mass is 9.71. The fraction of sp³-hybridized carbons (Fsp3) is 0.500. The van der Waals surface area contributed by atoms with Gasteiger partial charge in [-0.15, -0.1) is 0 Å². The standard InChI is InChI=1S/C24H31N3O2/c1-26-16-12-24(13-17-26,20-8-3-2-4-9-20)23(28)27-15-7-11-22(18-27)29-19-21-10-5-6-14-25-21/h2-6,8-10,14,22H,7,11-13,15-19H2,1H3. The molecule has 0 saturated carbocycles. The average molecular weight is 394 g/mol. The molecule has 2 aromatic rings. The number of hydrogen-bond donors (Lipinski definition) is 0. The van der Waals surface area contributed by atoms with Gasteiger partial charge in [-0.25, -0.2) is 0 Å². The first-order chi connectivity index (χ1) is 14.2. The molecule has 0 N–H and O–H groups in total. The molecule has 2 aliphatic rings. The van der Waals surface area contributed by atoms with E-state index in [-0.39, 0.29) is 12.0 Å². The maximum atomic E-state index is 13.8. The molecule has 4 rings (SSSR count). The Morgan fingerprint density at radius 1 is 1.10 bits per heavy atom. The van der Waals surface area contributed by atoms with E-state index >= 15 is 0 Å². The van der Waals surface area contributed by atoms with Gasteiger partial charge in [-0.3, -0.25) is 9.78 Å². The summed E-state index contributed by atoms with van der Waals surface area (Å²) in [4.78, 5) is 22.6. The van der Waals surface area contributed by atoms with E-state index in [0.29, 0.717) is 13.2 Å². The van der Waals surface area contributed by atoms with E-state index in [4.69, 9.17) is 4.74 Å². The quantitative estimate of drug-likeness (QED) is 0.782. The molecule has 2 aliphatic heterocycles. The van der Waals surface area contributed by atoms with Crippen molar-refractivity contribution in [1.29, 1.82) is 0 Å². The zero-order chi connectivity index (χ0) is 20.1. The number of carbonyl (C=O) groups is 1. The van der Waals surface area contributed by atoms with Crippen LogP contribution in [0.15, 0.2) is 54.7 Å². The van der Waals surface area contributed by atoms with Gasteiger partial charge in [0.15, 0.2) is 0 Å². The van der Waals surface area contributed by atoms with Crippen molar-refractivity contribution in [2.24, 2.45) is 0 Å². The number of rotatable bonds is 5. The molecule has 0 radical (unpaired) electrons. The predicted octanol–water partition coefficient (Wildman–Crippen LogP) is 3.25. The third-order valence-corrected chi connectivity index (χ3v) is 6.43. The van der Waals surface area contributed by atoms with Crippen LogP contribution in [0.2, 0.25) is 0 Å². The summed E-state index contributed by atoms with van der Waals surface area (Å²) in [7, 11) is 2.14. The zero-order valence-electron chi connectivity index (χ0n) is 17.3. The molecular formula is C24H31N3O2. The van der Waals surface area contributed by atoms with Crippen molar-refractivity contribution in [3.8, 4) is 0 Å². The molecule has 2 fully saturated rings. The number of carbonyl (C=O) groups excluding carboxylic acids is 1. The molecule has 5 heteroatoms. The second kappa shape index (κ2) is 9.06. The lowest BCUT2D eigenvalue weighted by molar-refractivity contribution is -0.144. The number of nitrogens with zero attached hydrogens (tertiary/aromatic N) is 3. The van der Waals surface area contributed by atoms with Crippen LogP contribution in [0.4, 0.5) is 0 Å². The van der Waals surface area contributed by atoms with Crippen LogP contribution in [-0.2, 0) is 21.6 Å². The summed E-state index contributed by atoms with van der Waals surface area (Å²) >= 11 is 0. The van der Waals surface area contributed by atoms with Crippen LogP contribution in [0.3, 0.4) is 0 Å². The van der Waals surface area contributed by atoms with E-state index in [1.165, 1.54) is 0 Å². The maximum Gasteiger partial charge on any atom is 0.233 e. The van der Waals surface area contributed by atoms with E-state index in [1.807, 2.05) is 24.3 Å². The van der Waals surface area contributed by atoms with E-state index < -0.39 is 5.41 Å². The molecule has 0 aliphatic carbocycles. The molecule has 0 bridgehead atoms. The Kier molecular flexibility index (Phi) is 6.26. The molecule has 1 amide bonds. The normalized spacial score (nSPS) is 22.4. The minimum Gasteiger partial charge on any atom is -0.370 e. The van der Waals surface area contributed by atoms with Gasteiger partial charge in [-0.05, 0) is 63.5 Å². The highest BCUT2D eigenvalue weighted by atomic mass is 16.5. The Hall–Kier alpha value is -2.24. The van der Waals surface area contributed by atoms with Crippen LogP contribution in [-0.4, -0.2) is 60.0 Å². The number of likely N-dealkylation sites (tertiary alicyclic amines) is 2. The fourth-order valence-electron chi connectivity index (χ4n) is 4.63. The molecule has 1 atom stereocenters. The Morgan fingerprint density at radius 3 is 2.59 bits per heavy atom. The van der Waals surface area contributed by atoms with Crippen LogP contribution in [0.25, 0.3) is 0 Å². The van der Waals surface area contributed by atoms with Gasteiger partial charge in [0.1, 0.15) is 0 Å². The van der Waals surface area contributed by atoms with Crippen LogP contribution in [0, 0.1) is 0 Å². The van der Waals surface area contributed by atoms with Gasteiger partial charge >= 0.3 is 0 Å². The van der Waals surface area contributed by atoms with E-state index in [1.54, 1.807) is 6.20 Å². The van der Waals surface area contributed by atoms with E-state index in [0.717, 1.165) is 56.6 Å². The van der Waals surface area contributed by atoms with Crippen molar-refractivity contribution < 1.29 is 9.53 Å². The molecule has 3 heterocycles. The number of pyridine rings is 1. The molecule has 5 nitrogen and oxygen atoms in total. The van der Waals surface area contributed by atoms with Crippen LogP contribution >= 0.6 is 0 Å². The predicted molar refractivity (Wildman–Crippen MR) is 113 cm³/mol. The number of hydrogen-bond acceptors (Lipinski definition) is 4. The summed E-state index contributed by atoms with van der Waals surface area (Å²) in [6.45, 7) is 3.91. The van der Waals surface area contributed by atoms with Crippen molar-refractivity contribution in [1.82, 2.24) is 14.8 Å². The van der Waals surface area contributed by atoms with Crippen molar-refractivity contribution >= 4 is 5.91 Å². The minimum absolute atomic E-state index is 0.0776. The Labute approximate surface area is 173 Å². The van der Waals surface area contributed by atoms with Crippen molar-refractivity contribution in [3.63, 3.8) is 0 Å². The molecule has 1 aromatic heterocycles. The van der Waals surface area contributed by atoms with E-state index in [9.17, 15) is 4.79 Å². The number of benzene rings is 1. The largest absolute Gasteiger partial charge is 0.370 e. The second-order valence-corrected chi connectivity index (χ2v) is 8.40. The minimum atomic E-state index is -0.406. The summed E-state index contributed by atoms with van der Waals surface area (Å²) in [5.74, 6) is 0.280. The molecule has 154 valence electrons. The van der Waals surface area contributed by atoms with Gasteiger partial charge in [0.05, 0.1) is 23.8 Å². The fourth-order valence-corrected chi connectivity index (χ4v) is 4.63. The zero-order valence-corrected chi connectivity index (χ0v) is 17.3. The monoisotopic (exact) mass is 393 g/mol. The first-order valence-corrected chi connectivity index (χ1v) is 10.7. The van der Waals surface area contributed by atoms with Gasteiger partial charge < -0.3 is 14.5 Å². The topological polar surface area (TPSA) is 45.7 Å². The summed E-state index contributed by atoms with van der Waals surface area (Å²) in [6, 6.07) is 16.3. The smallest absolute Gasteiger partial charge is 0.233 e. The third-order valence-electron chi connectivity index (χ3n) is 6.43. The molecule has 1 unspecified atom stereocenters. The molecule has 0 spiro atoms. The highest BCUT2D eigenvalue weighted by Crippen LogP contribution is 2.38. The van der Waals surface area contributed by atoms with Crippen LogP contribution in [0.5, 0.6) is 0 Å². The first kappa shape index (κ1) is 20.0. The Morgan fingerprint density at radius 2 is 1.86 bits per heavy atom. The molecule has 29 heavy (non-hydrogen) atoms. The molecule has 1 aromatic carbocycles. The van der Waals surface area contributed by atoms with Crippen molar-refractivity contribution in [2.45, 2.75) is 43.8 Å². The van der Waals surface area contributed by atoms with Gasteiger partial charge in [0, 0.05) is 19.3 Å².